The molecule has 1 heterocycles. The van der Waals surface area contributed by atoms with Crippen molar-refractivity contribution in [3.63, 3.8) is 0 Å². The van der Waals surface area contributed by atoms with Crippen LogP contribution in [0, 0.1) is 13.8 Å². The van der Waals surface area contributed by atoms with Crippen molar-refractivity contribution in [1.29, 1.82) is 0 Å². The molecule has 3 nitrogen and oxygen atoms in total. The zero-order valence-electron chi connectivity index (χ0n) is 11.1. The van der Waals surface area contributed by atoms with Gasteiger partial charge in [0.2, 0.25) is 5.95 Å². The Morgan fingerprint density at radius 3 is 2.50 bits per heavy atom. The molecule has 0 radical (unpaired) electrons. The van der Waals surface area contributed by atoms with Crippen molar-refractivity contribution >= 4 is 44.5 Å². The number of rotatable bonds is 1. The second kappa shape index (κ2) is 4.79. The molecule has 0 amide bonds. The Morgan fingerprint density at radius 1 is 1.20 bits per heavy atom. The van der Waals surface area contributed by atoms with Crippen LogP contribution in [0.1, 0.15) is 11.1 Å². The molecule has 2 N–H and O–H groups in total. The summed E-state index contributed by atoms with van der Waals surface area (Å²) in [6, 6.07) is 9.85. The molecule has 0 aliphatic heterocycles. The summed E-state index contributed by atoms with van der Waals surface area (Å²) in [6.07, 6.45) is 0. The molecule has 102 valence electrons. The highest BCUT2D eigenvalue weighted by Crippen LogP contribution is 2.31. The quantitative estimate of drug-likeness (QED) is 0.695. The first-order chi connectivity index (χ1) is 9.49. The smallest absolute Gasteiger partial charge is 0.205 e. The Morgan fingerprint density at radius 2 is 1.85 bits per heavy atom. The average Bonchev–Trinajstić information content (AvgIpc) is 2.73. The molecule has 0 saturated carbocycles. The van der Waals surface area contributed by atoms with E-state index in [4.69, 9.17) is 17.3 Å². The van der Waals surface area contributed by atoms with Gasteiger partial charge in [0.15, 0.2) is 0 Å². The molecule has 0 aliphatic rings. The summed E-state index contributed by atoms with van der Waals surface area (Å²) in [7, 11) is 0. The average molecular weight is 351 g/mol. The van der Waals surface area contributed by atoms with Crippen molar-refractivity contribution in [1.82, 2.24) is 9.55 Å². The molecule has 0 atom stereocenters. The Bertz CT molecular complexity index is 800. The van der Waals surface area contributed by atoms with E-state index >= 15 is 0 Å². The second-order valence-electron chi connectivity index (χ2n) is 4.81. The summed E-state index contributed by atoms with van der Waals surface area (Å²) < 4.78 is 3.04. The third-order valence-electron chi connectivity index (χ3n) is 3.34. The number of fused-ring (bicyclic) bond motifs is 1. The highest BCUT2D eigenvalue weighted by Gasteiger charge is 2.13. The zero-order valence-corrected chi connectivity index (χ0v) is 13.5. The number of nitrogen functional groups attached to an aromatic ring is 1. The first kappa shape index (κ1) is 13.5. The maximum Gasteiger partial charge on any atom is 0.205 e. The minimum absolute atomic E-state index is 0.439. The molecule has 0 fully saturated rings. The van der Waals surface area contributed by atoms with Gasteiger partial charge in [-0.2, -0.15) is 0 Å². The van der Waals surface area contributed by atoms with Crippen LogP contribution in [0.15, 0.2) is 34.8 Å². The van der Waals surface area contributed by atoms with Crippen molar-refractivity contribution in [3.8, 4) is 5.69 Å². The molecule has 0 aliphatic carbocycles. The molecule has 2 aromatic carbocycles. The van der Waals surface area contributed by atoms with Gasteiger partial charge < -0.3 is 5.73 Å². The van der Waals surface area contributed by atoms with Crippen LogP contribution in [0.5, 0.6) is 0 Å². The van der Waals surface area contributed by atoms with Crippen LogP contribution in [0.25, 0.3) is 16.7 Å². The van der Waals surface area contributed by atoms with Gasteiger partial charge in [0.1, 0.15) is 5.52 Å². The first-order valence-electron chi connectivity index (χ1n) is 6.18. The lowest BCUT2D eigenvalue weighted by atomic mass is 10.1. The Balaban J connectivity index is 2.35. The fraction of sp³-hybridized carbons (Fsp3) is 0.133. The molecule has 0 unspecified atom stereocenters. The summed E-state index contributed by atoms with van der Waals surface area (Å²) in [6.45, 7) is 4.12. The minimum atomic E-state index is 0.439. The molecular weight excluding hydrogens is 338 g/mol. The lowest BCUT2D eigenvalue weighted by Crippen LogP contribution is -2.01. The van der Waals surface area contributed by atoms with Crippen LogP contribution in [0.4, 0.5) is 5.95 Å². The van der Waals surface area contributed by atoms with E-state index in [-0.39, 0.29) is 0 Å². The maximum absolute atomic E-state index is 6.18. The highest BCUT2D eigenvalue weighted by molar-refractivity contribution is 9.10. The fourth-order valence-corrected chi connectivity index (χ4v) is 2.85. The number of halogens is 2. The topological polar surface area (TPSA) is 43.8 Å². The molecule has 0 bridgehead atoms. The van der Waals surface area contributed by atoms with E-state index in [0.717, 1.165) is 32.3 Å². The standard InChI is InChI=1S/C15H13BrClN3/c1-8-6-10(7-9(2)13(8)16)20-12-5-3-4-11(17)14(12)19-15(20)18/h3-7H,1-2H3,(H2,18,19). The Hall–Kier alpha value is -1.52. The number of hydrogen-bond donors (Lipinski definition) is 1. The Labute approximate surface area is 130 Å². The third kappa shape index (κ3) is 2.00. The van der Waals surface area contributed by atoms with Crippen molar-refractivity contribution in [2.75, 3.05) is 5.73 Å². The second-order valence-corrected chi connectivity index (χ2v) is 6.01. The predicted octanol–water partition coefficient (Wildman–Crippen LogP) is 4.64. The van der Waals surface area contributed by atoms with Gasteiger partial charge in [-0.1, -0.05) is 33.6 Å². The Kier molecular flexibility index (Phi) is 3.22. The van der Waals surface area contributed by atoms with Crippen LogP contribution < -0.4 is 5.73 Å². The van der Waals surface area contributed by atoms with E-state index in [1.54, 1.807) is 0 Å². The van der Waals surface area contributed by atoms with Gasteiger partial charge in [-0.3, -0.25) is 4.57 Å². The molecular formula is C15H13BrClN3. The van der Waals surface area contributed by atoms with Crippen LogP contribution in [-0.4, -0.2) is 9.55 Å². The predicted molar refractivity (Wildman–Crippen MR) is 87.7 cm³/mol. The number of imidazole rings is 1. The molecule has 3 aromatic rings. The number of aromatic nitrogens is 2. The largest absolute Gasteiger partial charge is 0.369 e. The molecule has 3 rings (SSSR count). The third-order valence-corrected chi connectivity index (χ3v) is 4.90. The number of anilines is 1. The number of para-hydroxylation sites is 1. The van der Waals surface area contributed by atoms with E-state index in [2.05, 4.69) is 46.9 Å². The maximum atomic E-state index is 6.18. The van der Waals surface area contributed by atoms with Crippen molar-refractivity contribution < 1.29 is 0 Å². The van der Waals surface area contributed by atoms with Gasteiger partial charge in [-0.05, 0) is 49.2 Å². The van der Waals surface area contributed by atoms with Crippen LogP contribution >= 0.6 is 27.5 Å². The molecule has 20 heavy (non-hydrogen) atoms. The van der Waals surface area contributed by atoms with E-state index in [9.17, 15) is 0 Å². The number of nitrogens with zero attached hydrogens (tertiary/aromatic N) is 2. The summed E-state index contributed by atoms with van der Waals surface area (Å²) in [5.74, 6) is 0.439. The zero-order chi connectivity index (χ0) is 14.4. The molecule has 0 spiro atoms. The van der Waals surface area contributed by atoms with Gasteiger partial charge >= 0.3 is 0 Å². The van der Waals surface area contributed by atoms with Crippen LogP contribution in [0.3, 0.4) is 0 Å². The van der Waals surface area contributed by atoms with E-state index in [1.165, 1.54) is 0 Å². The summed E-state index contributed by atoms with van der Waals surface area (Å²) in [4.78, 5) is 4.37. The first-order valence-corrected chi connectivity index (χ1v) is 7.35. The number of benzene rings is 2. The molecule has 0 saturated heterocycles. The normalized spacial score (nSPS) is 11.2. The number of nitrogens with two attached hydrogens (primary N) is 1. The van der Waals surface area contributed by atoms with Gasteiger partial charge in [-0.25, -0.2) is 4.98 Å². The molecule has 1 aromatic heterocycles. The van der Waals surface area contributed by atoms with Gasteiger partial charge in [0, 0.05) is 10.2 Å². The minimum Gasteiger partial charge on any atom is -0.369 e. The number of aryl methyl sites for hydroxylation is 2. The SMILES string of the molecule is Cc1cc(-n2c(N)nc3c(Cl)cccc32)cc(C)c1Br. The van der Waals surface area contributed by atoms with Gasteiger partial charge in [0.05, 0.1) is 10.5 Å². The molecule has 5 heteroatoms. The van der Waals surface area contributed by atoms with Gasteiger partial charge in [-0.15, -0.1) is 0 Å². The van der Waals surface area contributed by atoms with E-state index < -0.39 is 0 Å². The van der Waals surface area contributed by atoms with E-state index in [0.29, 0.717) is 11.0 Å². The van der Waals surface area contributed by atoms with Crippen molar-refractivity contribution in [2.45, 2.75) is 13.8 Å². The van der Waals surface area contributed by atoms with Crippen molar-refractivity contribution in [3.05, 3.63) is 51.0 Å². The van der Waals surface area contributed by atoms with Crippen LogP contribution in [-0.2, 0) is 0 Å². The van der Waals surface area contributed by atoms with Crippen molar-refractivity contribution in [2.24, 2.45) is 0 Å². The van der Waals surface area contributed by atoms with Crippen LogP contribution in [0.2, 0.25) is 5.02 Å². The number of hydrogen-bond acceptors (Lipinski definition) is 2. The summed E-state index contributed by atoms with van der Waals surface area (Å²) in [5.41, 5.74) is 11.0. The highest BCUT2D eigenvalue weighted by atomic mass is 79.9. The van der Waals surface area contributed by atoms with E-state index in [1.807, 2.05) is 22.8 Å². The van der Waals surface area contributed by atoms with Gasteiger partial charge in [0.25, 0.3) is 0 Å². The lowest BCUT2D eigenvalue weighted by molar-refractivity contribution is 1.10. The summed E-state index contributed by atoms with van der Waals surface area (Å²) in [5, 5.41) is 0.610. The monoisotopic (exact) mass is 349 g/mol. The summed E-state index contributed by atoms with van der Waals surface area (Å²) >= 11 is 9.76. The fourth-order valence-electron chi connectivity index (χ4n) is 2.41. The lowest BCUT2D eigenvalue weighted by Gasteiger charge is -2.11.